The highest BCUT2D eigenvalue weighted by atomic mass is 16.5. The molecule has 0 aromatic heterocycles. The van der Waals surface area contributed by atoms with Gasteiger partial charge in [-0.05, 0) is 25.3 Å². The van der Waals surface area contributed by atoms with E-state index in [4.69, 9.17) is 10.5 Å². The zero-order chi connectivity index (χ0) is 13.7. The fourth-order valence-corrected chi connectivity index (χ4v) is 2.41. The molecule has 3 atom stereocenters. The lowest BCUT2D eigenvalue weighted by Gasteiger charge is -2.19. The number of ether oxygens (including phenoxy) is 1. The number of hydrogen-bond acceptors (Lipinski definition) is 3. The first-order valence-electron chi connectivity index (χ1n) is 6.85. The van der Waals surface area contributed by atoms with Crippen LogP contribution < -0.4 is 11.1 Å². The Morgan fingerprint density at radius 1 is 1.47 bits per heavy atom. The molecule has 1 aromatic carbocycles. The molecular formula is C15H22N2O2. The number of benzene rings is 1. The number of hydrogen-bond donors (Lipinski definition) is 2. The molecule has 4 nitrogen and oxygen atoms in total. The smallest absolute Gasteiger partial charge is 0.225 e. The van der Waals surface area contributed by atoms with Crippen molar-refractivity contribution in [3.05, 3.63) is 35.9 Å². The van der Waals surface area contributed by atoms with Crippen LogP contribution in [0.3, 0.4) is 0 Å². The monoisotopic (exact) mass is 262 g/mol. The van der Waals surface area contributed by atoms with Crippen LogP contribution in [0, 0.1) is 5.92 Å². The Labute approximate surface area is 114 Å². The number of amides is 1. The maximum absolute atomic E-state index is 12.1. The molecule has 1 aromatic rings. The van der Waals surface area contributed by atoms with E-state index in [2.05, 4.69) is 17.4 Å². The number of carbonyl (C=O) groups is 1. The van der Waals surface area contributed by atoms with Gasteiger partial charge in [-0.3, -0.25) is 4.79 Å². The Balaban J connectivity index is 1.87. The normalized spacial score (nSPS) is 24.1. The topological polar surface area (TPSA) is 64.4 Å². The van der Waals surface area contributed by atoms with Gasteiger partial charge < -0.3 is 15.8 Å². The van der Waals surface area contributed by atoms with Crippen molar-refractivity contribution in [3.63, 3.8) is 0 Å². The fraction of sp³-hybridized carbons (Fsp3) is 0.533. The Kier molecular flexibility index (Phi) is 4.93. The third-order valence-corrected chi connectivity index (χ3v) is 3.52. The summed E-state index contributed by atoms with van der Waals surface area (Å²) in [4.78, 5) is 12.1. The molecule has 3 unspecified atom stereocenters. The first kappa shape index (κ1) is 14.0. The SMILES string of the molecule is CC1CC(C(=O)NC(CN)Cc2ccccc2)CO1. The molecule has 1 aliphatic heterocycles. The Morgan fingerprint density at radius 2 is 2.21 bits per heavy atom. The molecule has 104 valence electrons. The molecule has 3 N–H and O–H groups in total. The third kappa shape index (κ3) is 4.04. The lowest BCUT2D eigenvalue weighted by atomic mass is 10.0. The highest BCUT2D eigenvalue weighted by Gasteiger charge is 2.29. The van der Waals surface area contributed by atoms with Gasteiger partial charge in [0.15, 0.2) is 0 Å². The van der Waals surface area contributed by atoms with Crippen molar-refractivity contribution in [2.45, 2.75) is 31.9 Å². The van der Waals surface area contributed by atoms with Gasteiger partial charge in [0.05, 0.1) is 18.6 Å². The average molecular weight is 262 g/mol. The number of carbonyl (C=O) groups excluding carboxylic acids is 1. The number of nitrogens with one attached hydrogen (secondary N) is 1. The predicted octanol–water partition coefficient (Wildman–Crippen LogP) is 1.10. The van der Waals surface area contributed by atoms with Gasteiger partial charge in [0, 0.05) is 12.6 Å². The molecule has 1 saturated heterocycles. The lowest BCUT2D eigenvalue weighted by Crippen LogP contribution is -2.44. The summed E-state index contributed by atoms with van der Waals surface area (Å²) in [6.07, 6.45) is 1.75. The first-order valence-corrected chi connectivity index (χ1v) is 6.85. The summed E-state index contributed by atoms with van der Waals surface area (Å²) in [7, 11) is 0. The van der Waals surface area contributed by atoms with E-state index in [-0.39, 0.29) is 24.0 Å². The van der Waals surface area contributed by atoms with E-state index in [9.17, 15) is 4.79 Å². The van der Waals surface area contributed by atoms with Gasteiger partial charge in [0.25, 0.3) is 0 Å². The Bertz CT molecular complexity index is 408. The average Bonchev–Trinajstić information content (AvgIpc) is 2.86. The first-order chi connectivity index (χ1) is 9.19. The molecular weight excluding hydrogens is 240 g/mol. The summed E-state index contributed by atoms with van der Waals surface area (Å²) in [6.45, 7) is 2.97. The van der Waals surface area contributed by atoms with Crippen LogP contribution in [0.1, 0.15) is 18.9 Å². The van der Waals surface area contributed by atoms with Crippen molar-refractivity contribution in [2.75, 3.05) is 13.2 Å². The second kappa shape index (κ2) is 6.68. The molecule has 4 heteroatoms. The van der Waals surface area contributed by atoms with E-state index in [0.717, 1.165) is 12.8 Å². The van der Waals surface area contributed by atoms with Crippen molar-refractivity contribution in [2.24, 2.45) is 11.7 Å². The van der Waals surface area contributed by atoms with Crippen LogP contribution in [0.15, 0.2) is 30.3 Å². The third-order valence-electron chi connectivity index (χ3n) is 3.52. The van der Waals surface area contributed by atoms with Crippen LogP contribution in [0.5, 0.6) is 0 Å². The maximum atomic E-state index is 12.1. The second-order valence-electron chi connectivity index (χ2n) is 5.21. The summed E-state index contributed by atoms with van der Waals surface area (Å²) in [5, 5.41) is 3.03. The van der Waals surface area contributed by atoms with Gasteiger partial charge in [-0.1, -0.05) is 30.3 Å². The molecule has 0 spiro atoms. The molecule has 1 fully saturated rings. The Morgan fingerprint density at radius 3 is 2.79 bits per heavy atom. The summed E-state index contributed by atoms with van der Waals surface area (Å²) in [5.41, 5.74) is 6.94. The largest absolute Gasteiger partial charge is 0.378 e. The van der Waals surface area contributed by atoms with Gasteiger partial charge in [0.2, 0.25) is 5.91 Å². The predicted molar refractivity (Wildman–Crippen MR) is 74.7 cm³/mol. The van der Waals surface area contributed by atoms with Gasteiger partial charge in [-0.15, -0.1) is 0 Å². The van der Waals surface area contributed by atoms with Crippen molar-refractivity contribution in [3.8, 4) is 0 Å². The maximum Gasteiger partial charge on any atom is 0.225 e. The molecule has 19 heavy (non-hydrogen) atoms. The minimum Gasteiger partial charge on any atom is -0.378 e. The highest BCUT2D eigenvalue weighted by molar-refractivity contribution is 5.79. The summed E-state index contributed by atoms with van der Waals surface area (Å²) < 4.78 is 5.43. The molecule has 0 aliphatic carbocycles. The van der Waals surface area contributed by atoms with Crippen LogP contribution in [0.2, 0.25) is 0 Å². The van der Waals surface area contributed by atoms with Crippen LogP contribution in [-0.2, 0) is 16.0 Å². The molecule has 1 heterocycles. The number of rotatable bonds is 5. The molecule has 0 bridgehead atoms. The zero-order valence-electron chi connectivity index (χ0n) is 11.3. The van der Waals surface area contributed by atoms with Gasteiger partial charge in [0.1, 0.15) is 0 Å². The van der Waals surface area contributed by atoms with E-state index >= 15 is 0 Å². The minimum atomic E-state index is -0.0279. The standard InChI is InChI=1S/C15H22N2O2/c1-11-7-13(10-19-11)15(18)17-14(9-16)8-12-5-3-2-4-6-12/h2-6,11,13-14H,7-10,16H2,1H3,(H,17,18). The number of nitrogens with two attached hydrogens (primary N) is 1. The summed E-state index contributed by atoms with van der Waals surface area (Å²) >= 11 is 0. The fourth-order valence-electron chi connectivity index (χ4n) is 2.41. The van der Waals surface area contributed by atoms with E-state index in [1.165, 1.54) is 5.56 Å². The van der Waals surface area contributed by atoms with Crippen molar-refractivity contribution in [1.82, 2.24) is 5.32 Å². The van der Waals surface area contributed by atoms with Crippen LogP contribution in [0.4, 0.5) is 0 Å². The Hall–Kier alpha value is -1.39. The van der Waals surface area contributed by atoms with Gasteiger partial charge in [-0.25, -0.2) is 0 Å². The quantitative estimate of drug-likeness (QED) is 0.835. The zero-order valence-corrected chi connectivity index (χ0v) is 11.3. The van der Waals surface area contributed by atoms with Gasteiger partial charge >= 0.3 is 0 Å². The van der Waals surface area contributed by atoms with Crippen molar-refractivity contribution < 1.29 is 9.53 Å². The molecule has 1 amide bonds. The lowest BCUT2D eigenvalue weighted by molar-refractivity contribution is -0.125. The summed E-state index contributed by atoms with van der Waals surface area (Å²) in [5.74, 6) is 0.0376. The van der Waals surface area contributed by atoms with E-state index in [0.29, 0.717) is 13.2 Å². The van der Waals surface area contributed by atoms with Crippen LogP contribution >= 0.6 is 0 Å². The molecule has 1 aliphatic rings. The minimum absolute atomic E-state index is 0.00851. The molecule has 0 radical (unpaired) electrons. The highest BCUT2D eigenvalue weighted by Crippen LogP contribution is 2.19. The van der Waals surface area contributed by atoms with Crippen molar-refractivity contribution >= 4 is 5.91 Å². The summed E-state index contributed by atoms with van der Waals surface area (Å²) in [6, 6.07) is 10.1. The van der Waals surface area contributed by atoms with E-state index in [1.807, 2.05) is 25.1 Å². The van der Waals surface area contributed by atoms with E-state index in [1.54, 1.807) is 0 Å². The molecule has 2 rings (SSSR count). The van der Waals surface area contributed by atoms with Crippen LogP contribution in [0.25, 0.3) is 0 Å². The van der Waals surface area contributed by atoms with Crippen LogP contribution in [-0.4, -0.2) is 31.2 Å². The van der Waals surface area contributed by atoms with E-state index < -0.39 is 0 Å². The van der Waals surface area contributed by atoms with Gasteiger partial charge in [-0.2, -0.15) is 0 Å². The second-order valence-corrected chi connectivity index (χ2v) is 5.21. The molecule has 0 saturated carbocycles. The van der Waals surface area contributed by atoms with Crippen molar-refractivity contribution in [1.29, 1.82) is 0 Å².